The summed E-state index contributed by atoms with van der Waals surface area (Å²) in [6.45, 7) is 3.07. The van der Waals surface area contributed by atoms with Gasteiger partial charge in [0.25, 0.3) is 0 Å². The van der Waals surface area contributed by atoms with Gasteiger partial charge in [0, 0.05) is 62.7 Å². The molecule has 0 N–H and O–H groups in total. The maximum Gasteiger partial charge on any atom is 0.175 e. The van der Waals surface area contributed by atoms with Crippen molar-refractivity contribution in [2.75, 3.05) is 37.8 Å². The molecule has 1 aromatic carbocycles. The minimum absolute atomic E-state index is 0.295. The summed E-state index contributed by atoms with van der Waals surface area (Å²) >= 11 is 0. The molecule has 0 unspecified atom stereocenters. The van der Waals surface area contributed by atoms with Crippen LogP contribution in [-0.4, -0.2) is 67.2 Å². The Kier molecular flexibility index (Phi) is 5.97. The van der Waals surface area contributed by atoms with Crippen molar-refractivity contribution in [1.29, 1.82) is 0 Å². The van der Waals surface area contributed by atoms with E-state index in [-0.39, 0.29) is 0 Å². The first kappa shape index (κ1) is 20.7. The van der Waals surface area contributed by atoms with Crippen LogP contribution in [0.25, 0.3) is 10.9 Å². The second-order valence-corrected chi connectivity index (χ2v) is 9.92. The van der Waals surface area contributed by atoms with Gasteiger partial charge < -0.3 is 9.80 Å². The molecule has 1 saturated heterocycles. The first-order valence-electron chi connectivity index (χ1n) is 10.2. The van der Waals surface area contributed by atoms with Crippen LogP contribution in [0.1, 0.15) is 18.5 Å². The van der Waals surface area contributed by atoms with Crippen molar-refractivity contribution in [2.45, 2.75) is 30.2 Å². The molecule has 0 bridgehead atoms. The monoisotopic (exact) mass is 425 g/mol. The summed E-state index contributed by atoms with van der Waals surface area (Å²) in [5, 5.41) is 0.778. The summed E-state index contributed by atoms with van der Waals surface area (Å²) in [7, 11) is -1.24. The molecule has 3 aromatic rings. The number of anilines is 1. The van der Waals surface area contributed by atoms with Crippen molar-refractivity contribution in [2.24, 2.45) is 0 Å². The number of benzene rings is 1. The fourth-order valence-electron chi connectivity index (χ4n) is 4.06. The maximum atomic E-state index is 12.0. The van der Waals surface area contributed by atoms with E-state index < -0.39 is 9.84 Å². The molecule has 3 heterocycles. The van der Waals surface area contributed by atoms with Crippen molar-refractivity contribution in [3.05, 3.63) is 54.6 Å². The highest BCUT2D eigenvalue weighted by molar-refractivity contribution is 7.90. The molecule has 1 fully saturated rings. The molecule has 4 rings (SSSR count). The smallest absolute Gasteiger partial charge is 0.175 e. The van der Waals surface area contributed by atoms with Gasteiger partial charge in [0.2, 0.25) is 0 Å². The molecule has 0 atom stereocenters. The molecule has 8 heteroatoms. The quantitative estimate of drug-likeness (QED) is 0.600. The number of piperidine rings is 1. The molecule has 158 valence electrons. The Labute approximate surface area is 177 Å². The van der Waals surface area contributed by atoms with Crippen molar-refractivity contribution < 1.29 is 8.42 Å². The van der Waals surface area contributed by atoms with Crippen LogP contribution in [0.3, 0.4) is 0 Å². The zero-order valence-corrected chi connectivity index (χ0v) is 18.2. The highest BCUT2D eigenvalue weighted by atomic mass is 32.2. The first-order chi connectivity index (χ1) is 14.4. The third-order valence-electron chi connectivity index (χ3n) is 5.86. The minimum Gasteiger partial charge on any atom is -0.356 e. The molecule has 7 nitrogen and oxygen atoms in total. The van der Waals surface area contributed by atoms with Gasteiger partial charge in [-0.1, -0.05) is 6.07 Å². The molecule has 0 aliphatic carbocycles. The number of hydrogen-bond donors (Lipinski definition) is 0. The second kappa shape index (κ2) is 8.65. The topological polar surface area (TPSA) is 79.3 Å². The normalized spacial score (nSPS) is 16.1. The first-order valence-corrected chi connectivity index (χ1v) is 12.1. The van der Waals surface area contributed by atoms with Gasteiger partial charge in [-0.15, -0.1) is 0 Å². The maximum absolute atomic E-state index is 12.0. The van der Waals surface area contributed by atoms with Gasteiger partial charge in [-0.05, 0) is 43.2 Å². The highest BCUT2D eigenvalue weighted by Gasteiger charge is 2.24. The van der Waals surface area contributed by atoms with Gasteiger partial charge in [-0.3, -0.25) is 4.98 Å². The predicted octanol–water partition coefficient (Wildman–Crippen LogP) is 2.57. The van der Waals surface area contributed by atoms with Crippen LogP contribution in [0.5, 0.6) is 0 Å². The average Bonchev–Trinajstić information content (AvgIpc) is 2.77. The van der Waals surface area contributed by atoms with Gasteiger partial charge >= 0.3 is 0 Å². The lowest BCUT2D eigenvalue weighted by molar-refractivity contribution is 0.212. The molecule has 1 aliphatic rings. The van der Waals surface area contributed by atoms with Gasteiger partial charge in [-0.25, -0.2) is 18.4 Å². The van der Waals surface area contributed by atoms with E-state index in [9.17, 15) is 8.42 Å². The van der Waals surface area contributed by atoms with Crippen molar-refractivity contribution >= 4 is 26.6 Å². The SMILES string of the molecule is CN(c1ncnc2ccc(S(C)(=O)=O)cc12)C1CCN(CCc2ccccn2)CC1. The Morgan fingerprint density at radius 2 is 1.90 bits per heavy atom. The summed E-state index contributed by atoms with van der Waals surface area (Å²) in [5.74, 6) is 0.789. The van der Waals surface area contributed by atoms with Crippen molar-refractivity contribution in [3.8, 4) is 0 Å². The number of aromatic nitrogens is 3. The lowest BCUT2D eigenvalue weighted by Crippen LogP contribution is -2.44. The van der Waals surface area contributed by atoms with E-state index in [0.717, 1.165) is 61.3 Å². The van der Waals surface area contributed by atoms with E-state index in [1.807, 2.05) is 25.4 Å². The van der Waals surface area contributed by atoms with E-state index in [1.54, 1.807) is 24.5 Å². The van der Waals surface area contributed by atoms with Gasteiger partial charge in [0.05, 0.1) is 10.4 Å². The van der Waals surface area contributed by atoms with E-state index in [4.69, 9.17) is 0 Å². The Hall–Kier alpha value is -2.58. The molecule has 0 amide bonds. The number of rotatable bonds is 6. The van der Waals surface area contributed by atoms with Crippen molar-refractivity contribution in [1.82, 2.24) is 19.9 Å². The van der Waals surface area contributed by atoms with Crippen LogP contribution in [0, 0.1) is 0 Å². The standard InChI is InChI=1S/C22H27N5O2S/c1-26(18-9-13-27(14-10-18)12-8-17-5-3-4-11-23-17)22-20-15-19(30(2,28)29)6-7-21(20)24-16-25-22/h3-7,11,15-16,18H,8-10,12-14H2,1-2H3. The van der Waals surface area contributed by atoms with E-state index in [0.29, 0.717) is 10.9 Å². The summed E-state index contributed by atoms with van der Waals surface area (Å²) in [6.07, 6.45) is 7.66. The third kappa shape index (κ3) is 4.60. The minimum atomic E-state index is -3.28. The number of hydrogen-bond acceptors (Lipinski definition) is 7. The summed E-state index contributed by atoms with van der Waals surface area (Å²) in [6, 6.07) is 11.5. The number of pyridine rings is 1. The van der Waals surface area contributed by atoms with Gasteiger partial charge in [-0.2, -0.15) is 0 Å². The van der Waals surface area contributed by atoms with E-state index >= 15 is 0 Å². The predicted molar refractivity (Wildman–Crippen MR) is 118 cm³/mol. The number of sulfone groups is 1. The molecule has 2 aromatic heterocycles. The zero-order valence-electron chi connectivity index (χ0n) is 17.4. The van der Waals surface area contributed by atoms with E-state index in [1.165, 1.54) is 6.26 Å². The van der Waals surface area contributed by atoms with Crippen LogP contribution < -0.4 is 4.90 Å². The number of nitrogens with zero attached hydrogens (tertiary/aromatic N) is 5. The molecular weight excluding hydrogens is 398 g/mol. The Morgan fingerprint density at radius 3 is 2.60 bits per heavy atom. The number of likely N-dealkylation sites (tertiary alicyclic amines) is 1. The molecular formula is C22H27N5O2S. The summed E-state index contributed by atoms with van der Waals surface area (Å²) in [5.41, 5.74) is 1.89. The summed E-state index contributed by atoms with van der Waals surface area (Å²) in [4.78, 5) is 18.2. The van der Waals surface area contributed by atoms with Crippen LogP contribution in [0.2, 0.25) is 0 Å². The van der Waals surface area contributed by atoms with Crippen molar-refractivity contribution in [3.63, 3.8) is 0 Å². The van der Waals surface area contributed by atoms with Gasteiger partial charge in [0.15, 0.2) is 9.84 Å². The molecule has 0 spiro atoms. The molecule has 1 aliphatic heterocycles. The lowest BCUT2D eigenvalue weighted by Gasteiger charge is -2.37. The van der Waals surface area contributed by atoms with E-state index in [2.05, 4.69) is 30.8 Å². The van der Waals surface area contributed by atoms with Crippen LogP contribution >= 0.6 is 0 Å². The van der Waals surface area contributed by atoms with Crippen LogP contribution in [0.4, 0.5) is 5.82 Å². The van der Waals surface area contributed by atoms with Gasteiger partial charge in [0.1, 0.15) is 12.1 Å². The highest BCUT2D eigenvalue weighted by Crippen LogP contribution is 2.28. The molecule has 30 heavy (non-hydrogen) atoms. The van der Waals surface area contributed by atoms with Crippen LogP contribution in [-0.2, 0) is 16.3 Å². The number of fused-ring (bicyclic) bond motifs is 1. The largest absolute Gasteiger partial charge is 0.356 e. The Bertz CT molecular complexity index is 1110. The summed E-state index contributed by atoms with van der Waals surface area (Å²) < 4.78 is 24.0. The van der Waals surface area contributed by atoms with Crippen LogP contribution in [0.15, 0.2) is 53.8 Å². The second-order valence-electron chi connectivity index (χ2n) is 7.90. The fourth-order valence-corrected chi connectivity index (χ4v) is 4.70. The Balaban J connectivity index is 1.45. The zero-order chi connectivity index (χ0) is 21.1. The Morgan fingerprint density at radius 1 is 1.10 bits per heavy atom. The lowest BCUT2D eigenvalue weighted by atomic mass is 10.0. The fraction of sp³-hybridized carbons (Fsp3) is 0.409. The molecule has 0 saturated carbocycles. The third-order valence-corrected chi connectivity index (χ3v) is 6.97. The molecule has 0 radical (unpaired) electrons. The average molecular weight is 426 g/mol.